The maximum atomic E-state index is 12.7. The highest BCUT2D eigenvalue weighted by molar-refractivity contribution is 6.04. The van der Waals surface area contributed by atoms with E-state index in [4.69, 9.17) is 9.47 Å². The first-order valence-electron chi connectivity index (χ1n) is 11.0. The van der Waals surface area contributed by atoms with E-state index in [-0.39, 0.29) is 37.4 Å². The summed E-state index contributed by atoms with van der Waals surface area (Å²) in [7, 11) is 0. The van der Waals surface area contributed by atoms with Gasteiger partial charge in [-0.1, -0.05) is 39.3 Å². The van der Waals surface area contributed by atoms with Gasteiger partial charge in [0.25, 0.3) is 5.91 Å². The van der Waals surface area contributed by atoms with Crippen LogP contribution in [0.3, 0.4) is 0 Å². The van der Waals surface area contributed by atoms with Gasteiger partial charge >= 0.3 is 0 Å². The van der Waals surface area contributed by atoms with Crippen LogP contribution < -0.4 is 19.7 Å². The van der Waals surface area contributed by atoms with E-state index in [9.17, 15) is 14.4 Å². The molecule has 7 nitrogen and oxygen atoms in total. The lowest BCUT2D eigenvalue weighted by atomic mass is 10.0. The van der Waals surface area contributed by atoms with Crippen molar-refractivity contribution in [3.8, 4) is 11.5 Å². The molecule has 2 amide bonds. The van der Waals surface area contributed by atoms with Gasteiger partial charge in [-0.25, -0.2) is 0 Å². The topological polar surface area (TPSA) is 84.9 Å². The van der Waals surface area contributed by atoms with Crippen molar-refractivity contribution < 1.29 is 23.9 Å². The third-order valence-electron chi connectivity index (χ3n) is 5.29. The average Bonchev–Trinajstić information content (AvgIpc) is 2.79. The minimum Gasteiger partial charge on any atom is -0.485 e. The fourth-order valence-corrected chi connectivity index (χ4v) is 3.33. The highest BCUT2D eigenvalue weighted by Crippen LogP contribution is 2.33. The second kappa shape index (κ2) is 10.8. The molecule has 0 saturated heterocycles. The van der Waals surface area contributed by atoms with E-state index in [2.05, 4.69) is 19.2 Å². The number of rotatable bonds is 10. The number of unbranched alkanes of at least 4 members (excludes halogenated alkanes) is 1. The number of carbonyl (C=O) groups excluding carboxylic acids is 3. The Kier molecular flexibility index (Phi) is 7.87. The monoisotopic (exact) mass is 438 g/mol. The van der Waals surface area contributed by atoms with Crippen molar-refractivity contribution in [1.29, 1.82) is 0 Å². The predicted molar refractivity (Wildman–Crippen MR) is 123 cm³/mol. The van der Waals surface area contributed by atoms with Crippen molar-refractivity contribution in [2.45, 2.75) is 39.5 Å². The summed E-state index contributed by atoms with van der Waals surface area (Å²) in [4.78, 5) is 38.7. The highest BCUT2D eigenvalue weighted by Gasteiger charge is 2.28. The van der Waals surface area contributed by atoms with Crippen molar-refractivity contribution in [3.05, 3.63) is 53.6 Å². The van der Waals surface area contributed by atoms with E-state index in [1.165, 1.54) is 10.5 Å². The molecular weight excluding hydrogens is 408 g/mol. The molecule has 0 aliphatic carbocycles. The second-order valence-electron chi connectivity index (χ2n) is 8.09. The lowest BCUT2D eigenvalue weighted by molar-refractivity contribution is -0.125. The summed E-state index contributed by atoms with van der Waals surface area (Å²) in [5, 5.41) is 2.81. The molecule has 1 N–H and O–H groups in total. The number of ether oxygens (including phenoxy) is 2. The molecule has 0 radical (unpaired) electrons. The zero-order valence-corrected chi connectivity index (χ0v) is 18.8. The number of Topliss-reactive ketones (excluding diaryl/α,β-unsaturated/α-hetero) is 1. The van der Waals surface area contributed by atoms with E-state index in [1.54, 1.807) is 18.2 Å². The summed E-state index contributed by atoms with van der Waals surface area (Å²) in [5.41, 5.74) is 2.00. The van der Waals surface area contributed by atoms with Crippen molar-refractivity contribution >= 4 is 23.3 Å². The van der Waals surface area contributed by atoms with Gasteiger partial charge in [-0.2, -0.15) is 0 Å². The summed E-state index contributed by atoms with van der Waals surface area (Å²) in [6.45, 7) is 6.44. The first kappa shape index (κ1) is 23.3. The molecule has 1 aliphatic rings. The van der Waals surface area contributed by atoms with E-state index in [0.29, 0.717) is 35.2 Å². The van der Waals surface area contributed by atoms with Gasteiger partial charge in [0, 0.05) is 12.1 Å². The minimum absolute atomic E-state index is 0.116. The molecule has 3 rings (SSSR count). The number of anilines is 1. The number of nitrogens with one attached hydrogen (secondary N) is 1. The predicted octanol–water partition coefficient (Wildman–Crippen LogP) is 3.71. The second-order valence-corrected chi connectivity index (χ2v) is 8.09. The Morgan fingerprint density at radius 3 is 2.59 bits per heavy atom. The first-order valence-corrected chi connectivity index (χ1v) is 11.0. The summed E-state index contributed by atoms with van der Waals surface area (Å²) in [6.07, 6.45) is 1.84. The minimum atomic E-state index is -0.325. The molecule has 2 aromatic carbocycles. The van der Waals surface area contributed by atoms with Gasteiger partial charge in [0.2, 0.25) is 5.91 Å². The van der Waals surface area contributed by atoms with Crippen LogP contribution in [0.2, 0.25) is 0 Å². The fraction of sp³-hybridized carbons (Fsp3) is 0.400. The van der Waals surface area contributed by atoms with Crippen LogP contribution in [0.15, 0.2) is 42.5 Å². The van der Waals surface area contributed by atoms with E-state index < -0.39 is 0 Å². The standard InChI is InChI=1S/C25H30N2O5/c1-4-5-12-26-24(29)14-27-21-13-19(8-11-23(21)32-16-25(27)30)22(28)15-31-20-9-6-18(7-10-20)17(2)3/h6-11,13,17H,4-5,12,14-16H2,1-3H3,(H,26,29). The third-order valence-corrected chi connectivity index (χ3v) is 5.29. The summed E-state index contributed by atoms with van der Waals surface area (Å²) in [5.74, 6) is 0.699. The van der Waals surface area contributed by atoms with Crippen LogP contribution in [0.25, 0.3) is 0 Å². The molecule has 2 aromatic rings. The number of fused-ring (bicyclic) bond motifs is 1. The molecule has 0 spiro atoms. The Balaban J connectivity index is 1.68. The van der Waals surface area contributed by atoms with Crippen LogP contribution in [0.4, 0.5) is 5.69 Å². The van der Waals surface area contributed by atoms with Gasteiger partial charge in [-0.15, -0.1) is 0 Å². The number of benzene rings is 2. The number of nitrogens with zero attached hydrogens (tertiary/aromatic N) is 1. The van der Waals surface area contributed by atoms with Crippen molar-refractivity contribution in [2.24, 2.45) is 0 Å². The molecule has 1 heterocycles. The largest absolute Gasteiger partial charge is 0.485 e. The molecule has 0 unspecified atom stereocenters. The van der Waals surface area contributed by atoms with Gasteiger partial charge in [0.05, 0.1) is 5.69 Å². The average molecular weight is 439 g/mol. The maximum absolute atomic E-state index is 12.7. The Morgan fingerprint density at radius 2 is 1.91 bits per heavy atom. The quantitative estimate of drug-likeness (QED) is 0.452. The van der Waals surface area contributed by atoms with Crippen molar-refractivity contribution in [3.63, 3.8) is 0 Å². The molecular formula is C25H30N2O5. The van der Waals surface area contributed by atoms with Crippen molar-refractivity contribution in [1.82, 2.24) is 5.32 Å². The van der Waals surface area contributed by atoms with Gasteiger partial charge in [-0.3, -0.25) is 19.3 Å². The molecule has 0 aromatic heterocycles. The third kappa shape index (κ3) is 5.87. The van der Waals surface area contributed by atoms with Gasteiger partial charge < -0.3 is 14.8 Å². The van der Waals surface area contributed by atoms with Crippen LogP contribution in [0, 0.1) is 0 Å². The lowest BCUT2D eigenvalue weighted by Crippen LogP contribution is -2.45. The van der Waals surface area contributed by atoms with Crippen LogP contribution >= 0.6 is 0 Å². The molecule has 32 heavy (non-hydrogen) atoms. The SMILES string of the molecule is CCCCNC(=O)CN1C(=O)COc2ccc(C(=O)COc3ccc(C(C)C)cc3)cc21. The summed E-state index contributed by atoms with van der Waals surface area (Å²) in [6, 6.07) is 12.5. The Labute approximate surface area is 188 Å². The van der Waals surface area contributed by atoms with E-state index >= 15 is 0 Å². The molecule has 7 heteroatoms. The smallest absolute Gasteiger partial charge is 0.265 e. The number of carbonyl (C=O) groups is 3. The maximum Gasteiger partial charge on any atom is 0.265 e. The van der Waals surface area contributed by atoms with Gasteiger partial charge in [0.1, 0.15) is 18.0 Å². The number of hydrogen-bond acceptors (Lipinski definition) is 5. The van der Waals surface area contributed by atoms with Crippen LogP contribution in [-0.4, -0.2) is 43.9 Å². The molecule has 0 fully saturated rings. The summed E-state index contributed by atoms with van der Waals surface area (Å²) < 4.78 is 11.1. The van der Waals surface area contributed by atoms with Gasteiger partial charge in [-0.05, 0) is 48.2 Å². The lowest BCUT2D eigenvalue weighted by Gasteiger charge is -2.29. The molecule has 0 saturated carbocycles. The zero-order chi connectivity index (χ0) is 23.1. The zero-order valence-electron chi connectivity index (χ0n) is 18.8. The normalized spacial score (nSPS) is 12.9. The molecule has 0 atom stereocenters. The van der Waals surface area contributed by atoms with Crippen LogP contribution in [0.1, 0.15) is 55.5 Å². The number of hydrogen-bond donors (Lipinski definition) is 1. The molecule has 1 aliphatic heterocycles. The Hall–Kier alpha value is -3.35. The van der Waals surface area contributed by atoms with Crippen molar-refractivity contribution in [2.75, 3.05) is 31.2 Å². The number of ketones is 1. The number of amides is 2. The Bertz CT molecular complexity index is 969. The Morgan fingerprint density at radius 1 is 1.16 bits per heavy atom. The van der Waals surface area contributed by atoms with E-state index in [0.717, 1.165) is 12.8 Å². The summed E-state index contributed by atoms with van der Waals surface area (Å²) >= 11 is 0. The van der Waals surface area contributed by atoms with Gasteiger partial charge in [0.15, 0.2) is 19.0 Å². The molecule has 0 bridgehead atoms. The van der Waals surface area contributed by atoms with Crippen LogP contribution in [-0.2, 0) is 9.59 Å². The first-order chi connectivity index (χ1) is 15.4. The van der Waals surface area contributed by atoms with Crippen LogP contribution in [0.5, 0.6) is 11.5 Å². The highest BCUT2D eigenvalue weighted by atomic mass is 16.5. The van der Waals surface area contributed by atoms with E-state index in [1.807, 2.05) is 31.2 Å². The molecule has 170 valence electrons. The fourth-order valence-electron chi connectivity index (χ4n) is 3.33.